The van der Waals surface area contributed by atoms with Gasteiger partial charge in [-0.15, -0.1) is 0 Å². The zero-order chi connectivity index (χ0) is 26.2. The molecule has 0 bridgehead atoms. The van der Waals surface area contributed by atoms with Crippen molar-refractivity contribution in [3.05, 3.63) is 62.1 Å². The number of hydrogen-bond donors (Lipinski definition) is 0. The highest BCUT2D eigenvalue weighted by molar-refractivity contribution is 5.69. The highest BCUT2D eigenvalue weighted by Crippen LogP contribution is 2.20. The number of ether oxygens (including phenoxy) is 2. The first-order valence-electron chi connectivity index (χ1n) is 12.0. The number of rotatable bonds is 11. The predicted molar refractivity (Wildman–Crippen MR) is 134 cm³/mol. The van der Waals surface area contributed by atoms with Gasteiger partial charge in [-0.05, 0) is 43.7 Å². The van der Waals surface area contributed by atoms with Crippen molar-refractivity contribution >= 4 is 17.1 Å². The van der Waals surface area contributed by atoms with Gasteiger partial charge in [0.15, 0.2) is 11.2 Å². The van der Waals surface area contributed by atoms with Crippen LogP contribution in [0, 0.1) is 17.2 Å². The average Bonchev–Trinajstić information content (AvgIpc) is 2.86. The maximum atomic E-state index is 12.9. The molecule has 0 saturated heterocycles. The fourth-order valence-electron chi connectivity index (χ4n) is 3.81. The number of carbonyl (C=O) groups is 1. The summed E-state index contributed by atoms with van der Waals surface area (Å²) in [7, 11) is 1.44. The topological polar surface area (TPSA) is 129 Å². The molecule has 36 heavy (non-hydrogen) atoms. The third-order valence-electron chi connectivity index (χ3n) is 5.60. The molecule has 0 spiro atoms. The summed E-state index contributed by atoms with van der Waals surface area (Å²) < 4.78 is 13.4. The molecular weight excluding hydrogens is 462 g/mol. The highest BCUT2D eigenvalue weighted by atomic mass is 16.5. The van der Waals surface area contributed by atoms with Crippen LogP contribution in [0.5, 0.6) is 5.75 Å². The van der Waals surface area contributed by atoms with Crippen molar-refractivity contribution < 1.29 is 14.3 Å². The number of esters is 1. The molecule has 0 fully saturated rings. The Morgan fingerprint density at radius 1 is 1.11 bits per heavy atom. The zero-order valence-corrected chi connectivity index (χ0v) is 21.1. The number of fused-ring (bicyclic) bond motifs is 1. The van der Waals surface area contributed by atoms with Crippen LogP contribution in [0.2, 0.25) is 0 Å². The first-order chi connectivity index (χ1) is 17.2. The van der Waals surface area contributed by atoms with E-state index in [0.717, 1.165) is 17.4 Å². The number of unbranched alkanes of at least 4 members (excludes halogenated alkanes) is 2. The molecule has 0 saturated carbocycles. The number of para-hydroxylation sites is 1. The van der Waals surface area contributed by atoms with E-state index in [1.54, 1.807) is 24.3 Å². The molecule has 10 heteroatoms. The van der Waals surface area contributed by atoms with Crippen LogP contribution in [0.4, 0.5) is 0 Å². The largest absolute Gasteiger partial charge is 0.486 e. The Balaban J connectivity index is 2.00. The van der Waals surface area contributed by atoms with Gasteiger partial charge in [-0.1, -0.05) is 26.0 Å². The second-order valence-electron chi connectivity index (χ2n) is 8.99. The van der Waals surface area contributed by atoms with Gasteiger partial charge in [0, 0.05) is 20.5 Å². The van der Waals surface area contributed by atoms with E-state index in [0.29, 0.717) is 48.7 Å². The van der Waals surface area contributed by atoms with Gasteiger partial charge < -0.3 is 9.47 Å². The normalized spacial score (nSPS) is 11.0. The molecule has 0 aliphatic carbocycles. The van der Waals surface area contributed by atoms with E-state index in [-0.39, 0.29) is 29.7 Å². The van der Waals surface area contributed by atoms with Crippen molar-refractivity contribution in [1.29, 1.82) is 5.26 Å². The first-order valence-corrected chi connectivity index (χ1v) is 12.0. The summed E-state index contributed by atoms with van der Waals surface area (Å²) in [4.78, 5) is 46.1. The summed E-state index contributed by atoms with van der Waals surface area (Å²) >= 11 is 0. The van der Waals surface area contributed by atoms with E-state index in [2.05, 4.69) is 11.1 Å². The van der Waals surface area contributed by atoms with Crippen LogP contribution >= 0.6 is 0 Å². The molecule has 190 valence electrons. The lowest BCUT2D eigenvalue weighted by Crippen LogP contribution is -2.40. The third kappa shape index (κ3) is 6.36. The third-order valence-corrected chi connectivity index (χ3v) is 5.60. The Morgan fingerprint density at radius 3 is 2.56 bits per heavy atom. The summed E-state index contributed by atoms with van der Waals surface area (Å²) in [6.07, 6.45) is 2.75. The van der Waals surface area contributed by atoms with Crippen LogP contribution in [0.15, 0.2) is 33.9 Å². The summed E-state index contributed by atoms with van der Waals surface area (Å²) in [6, 6.07) is 8.99. The smallest absolute Gasteiger partial charge is 0.332 e. The summed E-state index contributed by atoms with van der Waals surface area (Å²) in [5.41, 5.74) is 0.897. The van der Waals surface area contributed by atoms with Gasteiger partial charge in [0.25, 0.3) is 5.56 Å². The number of carbonyl (C=O) groups excluding carboxylic acids is 1. The Bertz CT molecular complexity index is 1400. The second kappa shape index (κ2) is 12.1. The van der Waals surface area contributed by atoms with E-state index in [9.17, 15) is 19.6 Å². The first kappa shape index (κ1) is 26.6. The molecule has 0 atom stereocenters. The molecule has 0 aliphatic rings. The highest BCUT2D eigenvalue weighted by Gasteiger charge is 2.19. The second-order valence-corrected chi connectivity index (χ2v) is 8.99. The number of nitriles is 1. The summed E-state index contributed by atoms with van der Waals surface area (Å²) in [5, 5.41) is 9.38. The van der Waals surface area contributed by atoms with Crippen LogP contribution < -0.4 is 16.0 Å². The Hall–Kier alpha value is -4.00. The zero-order valence-electron chi connectivity index (χ0n) is 21.1. The molecule has 1 aromatic carbocycles. The van der Waals surface area contributed by atoms with E-state index >= 15 is 0 Å². The van der Waals surface area contributed by atoms with Gasteiger partial charge in [0.2, 0.25) is 0 Å². The van der Waals surface area contributed by atoms with E-state index in [4.69, 9.17) is 14.5 Å². The van der Waals surface area contributed by atoms with Gasteiger partial charge in [0.1, 0.15) is 24.1 Å². The van der Waals surface area contributed by atoms with Gasteiger partial charge in [-0.25, -0.2) is 14.8 Å². The molecule has 0 radical (unpaired) electrons. The molecule has 3 aromatic rings. The monoisotopic (exact) mass is 493 g/mol. The lowest BCUT2D eigenvalue weighted by molar-refractivity contribution is -0.141. The van der Waals surface area contributed by atoms with Gasteiger partial charge in [-0.3, -0.25) is 18.7 Å². The minimum Gasteiger partial charge on any atom is -0.486 e. The SMILES string of the molecule is CC(=O)OCCCCCc1nc2c(=O)n(C)c(=O)n(CC(C)C)c2nc1COc1ccccc1C#N. The number of benzene rings is 1. The molecule has 10 nitrogen and oxygen atoms in total. The van der Waals surface area contributed by atoms with Crippen LogP contribution in [0.3, 0.4) is 0 Å². The molecule has 2 heterocycles. The molecule has 0 amide bonds. The summed E-state index contributed by atoms with van der Waals surface area (Å²) in [6.45, 7) is 6.08. The Morgan fingerprint density at radius 2 is 1.86 bits per heavy atom. The number of nitrogens with zero attached hydrogens (tertiary/aromatic N) is 5. The number of hydrogen-bond acceptors (Lipinski definition) is 8. The summed E-state index contributed by atoms with van der Waals surface area (Å²) in [5.74, 6) is 0.248. The van der Waals surface area contributed by atoms with Crippen molar-refractivity contribution in [3.63, 3.8) is 0 Å². The maximum Gasteiger partial charge on any atom is 0.332 e. The molecule has 3 rings (SSSR count). The maximum absolute atomic E-state index is 12.9. The van der Waals surface area contributed by atoms with Gasteiger partial charge in [-0.2, -0.15) is 5.26 Å². The predicted octanol–water partition coefficient (Wildman–Crippen LogP) is 2.87. The fourth-order valence-corrected chi connectivity index (χ4v) is 3.81. The van der Waals surface area contributed by atoms with Crippen molar-refractivity contribution in [1.82, 2.24) is 19.1 Å². The lowest BCUT2D eigenvalue weighted by atomic mass is 10.1. The molecule has 0 aliphatic heterocycles. The van der Waals surface area contributed by atoms with Gasteiger partial charge in [0.05, 0.1) is 17.9 Å². The Kier molecular flexibility index (Phi) is 8.95. The van der Waals surface area contributed by atoms with E-state index < -0.39 is 11.2 Å². The van der Waals surface area contributed by atoms with Crippen LogP contribution in [-0.4, -0.2) is 31.7 Å². The Labute approximate surface area is 209 Å². The van der Waals surface area contributed by atoms with Crippen LogP contribution in [0.25, 0.3) is 11.2 Å². The molecule has 0 N–H and O–H groups in total. The van der Waals surface area contributed by atoms with Gasteiger partial charge >= 0.3 is 11.7 Å². The van der Waals surface area contributed by atoms with Crippen LogP contribution in [0.1, 0.15) is 57.0 Å². The lowest BCUT2D eigenvalue weighted by Gasteiger charge is -2.16. The molecule has 0 unspecified atom stereocenters. The quantitative estimate of drug-likeness (QED) is 0.294. The minimum absolute atomic E-state index is 0.0233. The molecule has 2 aromatic heterocycles. The van der Waals surface area contributed by atoms with Crippen molar-refractivity contribution in [2.75, 3.05) is 6.61 Å². The molecular formula is C26H31N5O5. The van der Waals surface area contributed by atoms with Crippen molar-refractivity contribution in [2.24, 2.45) is 13.0 Å². The van der Waals surface area contributed by atoms with Crippen molar-refractivity contribution in [3.8, 4) is 11.8 Å². The van der Waals surface area contributed by atoms with E-state index in [1.165, 1.54) is 18.5 Å². The van der Waals surface area contributed by atoms with Crippen molar-refractivity contribution in [2.45, 2.75) is 59.6 Å². The van der Waals surface area contributed by atoms with Crippen LogP contribution in [-0.2, 0) is 36.2 Å². The standard InChI is InChI=1S/C26H31N5O5/c1-17(2)15-31-24-23(25(33)30(4)26(31)34)28-20(11-6-5-9-13-35-18(3)32)21(29-24)16-36-22-12-8-7-10-19(22)14-27/h7-8,10,12,17H,5-6,9,11,13,15-16H2,1-4H3. The van der Waals surface area contributed by atoms with E-state index in [1.807, 2.05) is 13.8 Å². The minimum atomic E-state index is -0.499. The fraction of sp³-hybridized carbons (Fsp3) is 0.462. The number of aromatic nitrogens is 4. The number of aryl methyl sites for hydroxylation is 1. The average molecular weight is 494 g/mol.